The van der Waals surface area contributed by atoms with Crippen molar-refractivity contribution in [2.45, 2.75) is 18.9 Å². The minimum absolute atomic E-state index is 0.404. The number of fused-ring (bicyclic) bond motifs is 1. The molecule has 3 aromatic heterocycles. The summed E-state index contributed by atoms with van der Waals surface area (Å²) in [7, 11) is 0. The third kappa shape index (κ3) is 2.88. The number of nitrogens with zero attached hydrogens (tertiary/aromatic N) is 3. The molecule has 5 rings (SSSR count). The van der Waals surface area contributed by atoms with Gasteiger partial charge in [0.25, 0.3) is 0 Å². The number of pyridine rings is 1. The number of rotatable bonds is 3. The predicted octanol–water partition coefficient (Wildman–Crippen LogP) is 3.87. The van der Waals surface area contributed by atoms with Gasteiger partial charge < -0.3 is 15.5 Å². The van der Waals surface area contributed by atoms with Crippen LogP contribution in [0.25, 0.3) is 33.4 Å². The number of nitrogens with two attached hydrogens (primary N) is 1. The second kappa shape index (κ2) is 6.55. The van der Waals surface area contributed by atoms with Crippen molar-refractivity contribution in [3.63, 3.8) is 0 Å². The molecule has 0 aliphatic carbocycles. The van der Waals surface area contributed by atoms with Gasteiger partial charge in [-0.3, -0.25) is 4.68 Å². The van der Waals surface area contributed by atoms with Crippen LogP contribution in [-0.4, -0.2) is 27.9 Å². The summed E-state index contributed by atoms with van der Waals surface area (Å²) in [6.07, 6.45) is 8.02. The Bertz CT molecular complexity index is 1080. The molecule has 1 aromatic carbocycles. The Morgan fingerprint density at radius 3 is 2.70 bits per heavy atom. The zero-order chi connectivity index (χ0) is 18.2. The highest BCUT2D eigenvalue weighted by molar-refractivity contribution is 6.00. The Balaban J connectivity index is 1.58. The molecule has 1 aliphatic rings. The lowest BCUT2D eigenvalue weighted by molar-refractivity contribution is 0.343. The second-order valence-electron chi connectivity index (χ2n) is 6.97. The van der Waals surface area contributed by atoms with Crippen molar-refractivity contribution in [1.82, 2.24) is 20.1 Å². The Morgan fingerprint density at radius 2 is 1.89 bits per heavy atom. The van der Waals surface area contributed by atoms with E-state index in [2.05, 4.69) is 26.3 Å². The average Bonchev–Trinajstić information content (AvgIpc) is 3.38. The Labute approximate surface area is 157 Å². The average molecular weight is 359 g/mol. The normalized spacial score (nSPS) is 15.4. The minimum atomic E-state index is 0.404. The number of hydrogen-bond acceptors (Lipinski definition) is 5. The summed E-state index contributed by atoms with van der Waals surface area (Å²) < 4.78 is 8.13. The maximum Gasteiger partial charge on any atom is 0.177 e. The van der Waals surface area contributed by atoms with Gasteiger partial charge in [0.2, 0.25) is 0 Å². The van der Waals surface area contributed by atoms with Crippen LogP contribution in [0.4, 0.5) is 5.82 Å². The molecular formula is C21H21N5O. The number of aromatic nitrogens is 3. The van der Waals surface area contributed by atoms with Crippen molar-refractivity contribution in [2.24, 2.45) is 0 Å². The number of piperidine rings is 1. The first-order chi connectivity index (χ1) is 13.3. The van der Waals surface area contributed by atoms with Gasteiger partial charge in [0, 0.05) is 34.5 Å². The van der Waals surface area contributed by atoms with Crippen molar-refractivity contribution in [2.75, 3.05) is 18.8 Å². The third-order valence-electron chi connectivity index (χ3n) is 5.24. The van der Waals surface area contributed by atoms with Crippen molar-refractivity contribution in [3.05, 3.63) is 55.0 Å². The molecule has 0 saturated carbocycles. The number of hydrogen-bond donors (Lipinski definition) is 2. The fourth-order valence-electron chi connectivity index (χ4n) is 3.77. The topological polar surface area (TPSA) is 81.9 Å². The van der Waals surface area contributed by atoms with Gasteiger partial charge in [-0.2, -0.15) is 5.10 Å². The molecular weight excluding hydrogens is 338 g/mol. The highest BCUT2D eigenvalue weighted by atomic mass is 16.3. The van der Waals surface area contributed by atoms with E-state index >= 15 is 0 Å². The lowest BCUT2D eigenvalue weighted by Gasteiger charge is -2.22. The van der Waals surface area contributed by atoms with Crippen LogP contribution in [0, 0.1) is 0 Å². The van der Waals surface area contributed by atoms with Gasteiger partial charge in [0.1, 0.15) is 5.76 Å². The van der Waals surface area contributed by atoms with E-state index in [0.29, 0.717) is 17.4 Å². The monoisotopic (exact) mass is 359 g/mol. The molecule has 4 aromatic rings. The van der Waals surface area contributed by atoms with Crippen LogP contribution in [0.2, 0.25) is 0 Å². The molecule has 0 amide bonds. The lowest BCUT2D eigenvalue weighted by Crippen LogP contribution is -2.29. The first-order valence-corrected chi connectivity index (χ1v) is 9.28. The molecule has 0 atom stereocenters. The first kappa shape index (κ1) is 16.1. The highest BCUT2D eigenvalue weighted by Gasteiger charge is 2.19. The summed E-state index contributed by atoms with van der Waals surface area (Å²) in [6, 6.07) is 12.5. The molecule has 0 radical (unpaired) electrons. The van der Waals surface area contributed by atoms with Gasteiger partial charge in [-0.15, -0.1) is 0 Å². The number of benzene rings is 1. The first-order valence-electron chi connectivity index (χ1n) is 9.28. The van der Waals surface area contributed by atoms with Gasteiger partial charge in [-0.05, 0) is 32.0 Å². The molecule has 27 heavy (non-hydrogen) atoms. The Hall–Kier alpha value is -3.12. The SMILES string of the molecule is Nc1ncc(-c2cnn(C3CCNCC3)c2)c2cc(-c3ccccc3)oc12. The smallest absolute Gasteiger partial charge is 0.177 e. The molecule has 1 aliphatic heterocycles. The zero-order valence-electron chi connectivity index (χ0n) is 14.9. The van der Waals surface area contributed by atoms with E-state index in [1.165, 1.54) is 0 Å². The fourth-order valence-corrected chi connectivity index (χ4v) is 3.77. The van der Waals surface area contributed by atoms with E-state index in [1.807, 2.05) is 48.8 Å². The molecule has 136 valence electrons. The molecule has 1 fully saturated rings. The third-order valence-corrected chi connectivity index (χ3v) is 5.24. The van der Waals surface area contributed by atoms with E-state index in [9.17, 15) is 0 Å². The summed E-state index contributed by atoms with van der Waals surface area (Å²) in [5, 5.41) is 8.97. The number of furan rings is 1. The number of nitrogen functional groups attached to an aromatic ring is 1. The molecule has 6 heteroatoms. The van der Waals surface area contributed by atoms with E-state index in [0.717, 1.165) is 53.8 Å². The highest BCUT2D eigenvalue weighted by Crippen LogP contribution is 2.36. The number of nitrogens with one attached hydrogen (secondary N) is 1. The van der Waals surface area contributed by atoms with Crippen LogP contribution in [0.1, 0.15) is 18.9 Å². The lowest BCUT2D eigenvalue weighted by atomic mass is 10.1. The molecule has 6 nitrogen and oxygen atoms in total. The summed E-state index contributed by atoms with van der Waals surface area (Å²) >= 11 is 0. The molecule has 0 bridgehead atoms. The van der Waals surface area contributed by atoms with Gasteiger partial charge in [0.05, 0.1) is 12.2 Å². The maximum absolute atomic E-state index is 6.08. The molecule has 1 saturated heterocycles. The van der Waals surface area contributed by atoms with Crippen LogP contribution < -0.4 is 11.1 Å². The molecule has 0 unspecified atom stereocenters. The van der Waals surface area contributed by atoms with Crippen molar-refractivity contribution in [1.29, 1.82) is 0 Å². The minimum Gasteiger partial charge on any atom is -0.452 e. The van der Waals surface area contributed by atoms with Crippen LogP contribution in [0.15, 0.2) is 59.4 Å². The van der Waals surface area contributed by atoms with Crippen molar-refractivity contribution in [3.8, 4) is 22.5 Å². The maximum atomic E-state index is 6.08. The molecule has 3 N–H and O–H groups in total. The summed E-state index contributed by atoms with van der Waals surface area (Å²) in [4.78, 5) is 4.35. The Kier molecular flexibility index (Phi) is 3.90. The fraction of sp³-hybridized carbons (Fsp3) is 0.238. The second-order valence-corrected chi connectivity index (χ2v) is 6.97. The van der Waals surface area contributed by atoms with Crippen LogP contribution >= 0.6 is 0 Å². The van der Waals surface area contributed by atoms with Crippen LogP contribution in [-0.2, 0) is 0 Å². The number of anilines is 1. The summed E-state index contributed by atoms with van der Waals surface area (Å²) in [5.41, 5.74) is 9.75. The Morgan fingerprint density at radius 1 is 1.07 bits per heavy atom. The quantitative estimate of drug-likeness (QED) is 0.580. The standard InChI is InChI=1S/C21H21N5O/c22-21-20-17(10-19(27-20)14-4-2-1-3-5-14)18(12-24-21)15-11-25-26(13-15)16-6-8-23-9-7-16/h1-5,10-13,16,23H,6-9H2,(H2,22,24). The van der Waals surface area contributed by atoms with E-state index in [1.54, 1.807) is 0 Å². The largest absolute Gasteiger partial charge is 0.452 e. The van der Waals surface area contributed by atoms with Gasteiger partial charge in [0.15, 0.2) is 11.4 Å². The van der Waals surface area contributed by atoms with Gasteiger partial charge in [-0.25, -0.2) is 4.98 Å². The predicted molar refractivity (Wildman–Crippen MR) is 106 cm³/mol. The van der Waals surface area contributed by atoms with Gasteiger partial charge in [-0.1, -0.05) is 30.3 Å². The summed E-state index contributed by atoms with van der Waals surface area (Å²) in [5.74, 6) is 1.19. The van der Waals surface area contributed by atoms with Crippen LogP contribution in [0.3, 0.4) is 0 Å². The molecule has 4 heterocycles. The van der Waals surface area contributed by atoms with E-state index < -0.39 is 0 Å². The van der Waals surface area contributed by atoms with E-state index in [4.69, 9.17) is 10.2 Å². The molecule has 0 spiro atoms. The summed E-state index contributed by atoms with van der Waals surface area (Å²) in [6.45, 7) is 2.07. The van der Waals surface area contributed by atoms with E-state index in [-0.39, 0.29) is 0 Å². The van der Waals surface area contributed by atoms with Crippen molar-refractivity contribution < 1.29 is 4.42 Å². The van der Waals surface area contributed by atoms with Crippen LogP contribution in [0.5, 0.6) is 0 Å². The van der Waals surface area contributed by atoms with Gasteiger partial charge >= 0.3 is 0 Å². The zero-order valence-corrected chi connectivity index (χ0v) is 14.9. The van der Waals surface area contributed by atoms with Crippen molar-refractivity contribution >= 4 is 16.8 Å².